The number of hydrogen-bond donors (Lipinski definition) is 0. The van der Waals surface area contributed by atoms with Gasteiger partial charge in [-0.25, -0.2) is 12.1 Å². The molecule has 328 valence electrons. The van der Waals surface area contributed by atoms with Crippen molar-refractivity contribution in [3.8, 4) is 0 Å². The van der Waals surface area contributed by atoms with Gasteiger partial charge in [-0.2, -0.15) is 29.6 Å². The molecule has 59 heavy (non-hydrogen) atoms. The molecule has 0 amide bonds. The minimum Gasteiger partial charge on any atom is -0.747 e. The van der Waals surface area contributed by atoms with Crippen LogP contribution in [0.3, 0.4) is 0 Å². The molecule has 0 aliphatic heterocycles. The van der Waals surface area contributed by atoms with Crippen molar-refractivity contribution in [2.24, 2.45) is 94.7 Å². The van der Waals surface area contributed by atoms with E-state index in [-0.39, 0.29) is 32.9 Å². The second-order valence-corrected chi connectivity index (χ2v) is 36.2. The molecule has 16 saturated carbocycles. The van der Waals surface area contributed by atoms with Crippen LogP contribution in [0.2, 0.25) is 19.6 Å². The van der Waals surface area contributed by atoms with E-state index in [0.29, 0.717) is 0 Å². The summed E-state index contributed by atoms with van der Waals surface area (Å²) in [6.07, 6.45) is 36.1. The van der Waals surface area contributed by atoms with Crippen LogP contribution in [0.1, 0.15) is 140 Å². The molecule has 0 unspecified atom stereocenters. The van der Waals surface area contributed by atoms with Gasteiger partial charge in [-0.05, 0) is 246 Å². The van der Waals surface area contributed by atoms with Gasteiger partial charge in [-0.3, -0.25) is 0 Å². The third-order valence-corrected chi connectivity index (χ3v) is 31.4. The molecule has 2 aromatic rings. The largest absolute Gasteiger partial charge is 0.747 e. The summed E-state index contributed by atoms with van der Waals surface area (Å²) in [6, 6.07) is 16.8. The van der Waals surface area contributed by atoms with Crippen LogP contribution < -0.4 is 5.19 Å². The Morgan fingerprint density at radius 1 is 0.407 bits per heavy atom. The molecule has 0 saturated heterocycles. The van der Waals surface area contributed by atoms with Gasteiger partial charge in [0.1, 0.15) is 0 Å². The first-order valence-electron chi connectivity index (χ1n) is 26.2. The molecular formula is C55H80FeP2Si-6. The van der Waals surface area contributed by atoms with Gasteiger partial charge < -0.3 is 29.3 Å². The van der Waals surface area contributed by atoms with E-state index in [2.05, 4.69) is 62.1 Å². The molecule has 18 rings (SSSR count). The van der Waals surface area contributed by atoms with Crippen LogP contribution in [-0.2, 0) is 29.4 Å². The maximum absolute atomic E-state index is 2.76. The first-order valence-corrected chi connectivity index (χ1v) is 33.0. The van der Waals surface area contributed by atoms with Crippen LogP contribution in [-0.4, -0.2) is 30.7 Å². The van der Waals surface area contributed by atoms with Gasteiger partial charge in [0.25, 0.3) is 0 Å². The maximum Gasteiger partial charge on any atom is 0.0147 e. The molecule has 0 heterocycles. The van der Waals surface area contributed by atoms with E-state index in [1.807, 2.05) is 11.1 Å². The van der Waals surface area contributed by atoms with E-state index in [1.54, 1.807) is 146 Å². The van der Waals surface area contributed by atoms with Crippen LogP contribution in [0.15, 0.2) is 42.5 Å². The third kappa shape index (κ3) is 7.28. The Hall–Kier alpha value is 0.296. The molecule has 0 aromatic heterocycles. The van der Waals surface area contributed by atoms with Crippen LogP contribution in [0, 0.1) is 94.7 Å². The zero-order valence-electron chi connectivity index (χ0n) is 37.4. The first kappa shape index (κ1) is 40.8. The van der Waals surface area contributed by atoms with Crippen LogP contribution >= 0.6 is 15.8 Å². The summed E-state index contributed by atoms with van der Waals surface area (Å²) < 4.78 is 0. The van der Waals surface area contributed by atoms with Gasteiger partial charge in [-0.15, -0.1) is 15.8 Å². The average Bonchev–Trinajstić information content (AvgIpc) is 3.87. The van der Waals surface area contributed by atoms with Crippen molar-refractivity contribution in [2.45, 2.75) is 183 Å². The zero-order valence-corrected chi connectivity index (χ0v) is 41.3. The number of hydrogen-bond acceptors (Lipinski definition) is 0. The van der Waals surface area contributed by atoms with E-state index in [9.17, 15) is 0 Å². The normalized spacial score (nSPS) is 49.8. The Balaban J connectivity index is 0.000000338. The Bertz CT molecular complexity index is 1480. The van der Waals surface area contributed by atoms with Gasteiger partial charge in [0.15, 0.2) is 0 Å². The van der Waals surface area contributed by atoms with E-state index in [0.717, 1.165) is 117 Å². The predicted molar refractivity (Wildman–Crippen MR) is 252 cm³/mol. The molecular weight excluding hydrogens is 806 g/mol. The van der Waals surface area contributed by atoms with Crippen LogP contribution in [0.4, 0.5) is 0 Å². The standard InChI is InChI=1S/C47H67P2.C8H13Si.Fe/c1-2-34(24-48(44-36-8-26-4-27(10-36)11-37(44)9-26)45-38-12-28-5-29(14-38)15-39(45)13-28)35(3-1)25-49(46-40-16-30-6-31(18-40)19-41(46)17-30)47-42-20-32-7-33(22-42)23-43(47)21-32;1-9(2,3)8-6-4-5-7-8;/h1-3,26-33,36-47H,4-25H2;4-7H,1-3H3;/q-5;-1;. The topological polar surface area (TPSA) is 0 Å². The minimum atomic E-state index is -0.981. The molecule has 4 heteroatoms. The Morgan fingerprint density at radius 3 is 0.847 bits per heavy atom. The Kier molecular flexibility index (Phi) is 10.9. The Morgan fingerprint density at radius 2 is 0.644 bits per heavy atom. The van der Waals surface area contributed by atoms with Crippen molar-refractivity contribution in [3.05, 3.63) is 53.6 Å². The molecule has 16 fully saturated rings. The van der Waals surface area contributed by atoms with Gasteiger partial charge in [0.2, 0.25) is 0 Å². The van der Waals surface area contributed by atoms with Crippen LogP contribution in [0.25, 0.3) is 0 Å². The first-order chi connectivity index (χ1) is 28.2. The molecule has 0 radical (unpaired) electrons. The number of rotatable bonds is 9. The Labute approximate surface area is 375 Å². The van der Waals surface area contributed by atoms with Gasteiger partial charge in [-0.1, -0.05) is 19.6 Å². The van der Waals surface area contributed by atoms with Gasteiger partial charge in [0.05, 0.1) is 0 Å². The SMILES string of the molecule is C[Si](C)(C)[c-]1cccc1.[Fe].[cH-]1[cH-][c-](CP(C2C3CC4CC(C3)CC2C4)C2C3CC4CC(C3)CC2C4)[c-](CP(C2C3CC4CC(C3)CC2C4)C2C3CC4CC(C3)CC2C4)[cH-]1. The zero-order chi connectivity index (χ0) is 38.4. The van der Waals surface area contributed by atoms with E-state index >= 15 is 0 Å². The predicted octanol–water partition coefficient (Wildman–Crippen LogP) is 14.6. The second-order valence-electron chi connectivity index (χ2n) is 26.0. The van der Waals surface area contributed by atoms with Crippen molar-refractivity contribution in [1.82, 2.24) is 0 Å². The molecule has 2 aromatic carbocycles. The summed E-state index contributed by atoms with van der Waals surface area (Å²) in [5.74, 6) is 18.2. The third-order valence-electron chi connectivity index (χ3n) is 21.5. The molecule has 0 spiro atoms. The van der Waals surface area contributed by atoms with E-state index in [1.165, 1.54) is 0 Å². The smallest absolute Gasteiger partial charge is 0.0147 e. The summed E-state index contributed by atoms with van der Waals surface area (Å²) >= 11 is 0. The summed E-state index contributed by atoms with van der Waals surface area (Å²) in [4.78, 5) is 0. The van der Waals surface area contributed by atoms with Crippen molar-refractivity contribution in [1.29, 1.82) is 0 Å². The maximum atomic E-state index is 2.76. The molecule has 16 bridgehead atoms. The summed E-state index contributed by atoms with van der Waals surface area (Å²) in [7, 11) is -0.768. The molecule has 0 nitrogen and oxygen atoms in total. The van der Waals surface area contributed by atoms with Gasteiger partial charge >= 0.3 is 0 Å². The van der Waals surface area contributed by atoms with Crippen molar-refractivity contribution in [2.75, 3.05) is 0 Å². The molecule has 0 N–H and O–H groups in total. The summed E-state index contributed by atoms with van der Waals surface area (Å²) in [6.45, 7) is 7.09. The average molecular weight is 887 g/mol. The summed E-state index contributed by atoms with van der Waals surface area (Å²) in [5.41, 5.74) is 8.53. The quantitative estimate of drug-likeness (QED) is 0.134. The van der Waals surface area contributed by atoms with E-state index < -0.39 is 8.07 Å². The fraction of sp³-hybridized carbons (Fsp3) is 0.818. The fourth-order valence-corrected chi connectivity index (χ4v) is 31.2. The fourth-order valence-electron chi connectivity index (χ4n) is 20.6. The van der Waals surface area contributed by atoms with Gasteiger partial charge in [0, 0.05) is 25.1 Å². The summed E-state index contributed by atoms with van der Waals surface area (Å²) in [5, 5.41) is 1.56. The monoisotopic (exact) mass is 886 g/mol. The van der Waals surface area contributed by atoms with Crippen molar-refractivity contribution in [3.63, 3.8) is 0 Å². The van der Waals surface area contributed by atoms with Crippen molar-refractivity contribution < 1.29 is 17.1 Å². The van der Waals surface area contributed by atoms with E-state index in [4.69, 9.17) is 0 Å². The van der Waals surface area contributed by atoms with Crippen molar-refractivity contribution >= 4 is 29.1 Å². The molecule has 0 atom stereocenters. The minimum absolute atomic E-state index is 0. The molecule has 16 aliphatic carbocycles. The van der Waals surface area contributed by atoms with Crippen LogP contribution in [0.5, 0.6) is 0 Å². The second kappa shape index (κ2) is 15.7. The molecule has 16 aliphatic rings.